The predicted octanol–water partition coefficient (Wildman–Crippen LogP) is 3.93. The lowest BCUT2D eigenvalue weighted by Gasteiger charge is -2.29. The van der Waals surface area contributed by atoms with Crippen molar-refractivity contribution in [3.8, 4) is 0 Å². The lowest BCUT2D eigenvalue weighted by Crippen LogP contribution is -2.42. The average molecular weight is 385 g/mol. The van der Waals surface area contributed by atoms with Crippen LogP contribution in [0.15, 0.2) is 54.2 Å². The van der Waals surface area contributed by atoms with Crippen LogP contribution in [-0.4, -0.2) is 48.1 Å². The zero-order valence-corrected chi connectivity index (χ0v) is 17.6. The molecule has 6 nitrogen and oxygen atoms in total. The summed E-state index contributed by atoms with van der Waals surface area (Å²) in [6.07, 6.45) is 5.62. The molecule has 152 valence electrons. The number of rotatable bonds is 5. The summed E-state index contributed by atoms with van der Waals surface area (Å²) in [7, 11) is 1.81. The molecule has 0 saturated carbocycles. The molecule has 0 bridgehead atoms. The van der Waals surface area contributed by atoms with Crippen molar-refractivity contribution >= 4 is 17.6 Å². The number of amides is 1. The summed E-state index contributed by atoms with van der Waals surface area (Å²) < 4.78 is 5.50. The number of benzene rings is 1. The van der Waals surface area contributed by atoms with E-state index in [1.165, 1.54) is 0 Å². The molecule has 0 aliphatic carbocycles. The van der Waals surface area contributed by atoms with Crippen LogP contribution in [0.5, 0.6) is 0 Å². The van der Waals surface area contributed by atoms with E-state index in [1.54, 1.807) is 23.3 Å². The second-order valence-electron chi connectivity index (χ2n) is 8.12. The SMILES string of the molecule is C=C/C=C\N=C(/N)c1ccc(N2C[C@@H](N(C)C(=O)OC(C)(C)C)C[C@H]2C)cc1. The van der Waals surface area contributed by atoms with Crippen LogP contribution in [0, 0.1) is 0 Å². The van der Waals surface area contributed by atoms with Crippen LogP contribution in [0.4, 0.5) is 10.5 Å². The molecule has 1 aliphatic rings. The Morgan fingerprint density at radius 3 is 2.57 bits per heavy atom. The molecule has 1 fully saturated rings. The highest BCUT2D eigenvalue weighted by Gasteiger charge is 2.35. The summed E-state index contributed by atoms with van der Waals surface area (Å²) in [5.74, 6) is 0.460. The van der Waals surface area contributed by atoms with Gasteiger partial charge in [0.2, 0.25) is 0 Å². The molecule has 28 heavy (non-hydrogen) atoms. The van der Waals surface area contributed by atoms with Crippen molar-refractivity contribution in [2.24, 2.45) is 10.7 Å². The third-order valence-corrected chi connectivity index (χ3v) is 4.71. The zero-order valence-electron chi connectivity index (χ0n) is 17.6. The van der Waals surface area contributed by atoms with E-state index < -0.39 is 5.60 Å². The fourth-order valence-electron chi connectivity index (χ4n) is 3.21. The first-order chi connectivity index (χ1) is 13.1. The highest BCUT2D eigenvalue weighted by molar-refractivity contribution is 5.98. The van der Waals surface area contributed by atoms with Gasteiger partial charge in [-0.15, -0.1) is 0 Å². The third kappa shape index (κ3) is 5.62. The standard InChI is InChI=1S/C22H32N4O2/c1-7-8-13-24-20(23)17-9-11-18(12-10-17)26-15-19(14-16(26)2)25(6)21(27)28-22(3,4)5/h7-13,16,19H,1,14-15H2,2-6H3,(H2,23,24)/b13-8-/t16-,19+/m1/s1. The maximum absolute atomic E-state index is 12.4. The lowest BCUT2D eigenvalue weighted by atomic mass is 10.1. The first-order valence-corrected chi connectivity index (χ1v) is 9.56. The van der Waals surface area contributed by atoms with Crippen LogP contribution in [-0.2, 0) is 4.74 Å². The van der Waals surface area contributed by atoms with Gasteiger partial charge in [-0.25, -0.2) is 9.79 Å². The van der Waals surface area contributed by atoms with E-state index in [0.29, 0.717) is 11.9 Å². The van der Waals surface area contributed by atoms with E-state index in [1.807, 2.05) is 52.1 Å². The fraction of sp³-hybridized carbons (Fsp3) is 0.455. The molecule has 1 aromatic rings. The first kappa shape index (κ1) is 21.5. The van der Waals surface area contributed by atoms with Crippen molar-refractivity contribution < 1.29 is 9.53 Å². The second-order valence-corrected chi connectivity index (χ2v) is 8.12. The summed E-state index contributed by atoms with van der Waals surface area (Å²) in [6, 6.07) is 8.45. The number of carbonyl (C=O) groups excluding carboxylic acids is 1. The summed E-state index contributed by atoms with van der Waals surface area (Å²) in [5.41, 5.74) is 7.48. The number of allylic oxidation sites excluding steroid dienone is 2. The van der Waals surface area contributed by atoms with Crippen LogP contribution < -0.4 is 10.6 Å². The van der Waals surface area contributed by atoms with Crippen molar-refractivity contribution in [2.45, 2.75) is 51.8 Å². The first-order valence-electron chi connectivity index (χ1n) is 9.56. The number of hydrogen-bond donors (Lipinski definition) is 1. The lowest BCUT2D eigenvalue weighted by molar-refractivity contribution is 0.0236. The molecule has 0 radical (unpaired) electrons. The number of nitrogens with two attached hydrogens (primary N) is 1. The van der Waals surface area contributed by atoms with E-state index in [9.17, 15) is 4.79 Å². The highest BCUT2D eigenvalue weighted by Crippen LogP contribution is 2.28. The van der Waals surface area contributed by atoms with Crippen molar-refractivity contribution in [1.29, 1.82) is 0 Å². The van der Waals surface area contributed by atoms with Gasteiger partial charge in [-0.1, -0.05) is 12.7 Å². The van der Waals surface area contributed by atoms with Crippen molar-refractivity contribution in [2.75, 3.05) is 18.5 Å². The number of ether oxygens (including phenoxy) is 1. The fourth-order valence-corrected chi connectivity index (χ4v) is 3.21. The van der Waals surface area contributed by atoms with Crippen LogP contribution in [0.25, 0.3) is 0 Å². The maximum Gasteiger partial charge on any atom is 0.410 e. The van der Waals surface area contributed by atoms with Crippen LogP contribution in [0.2, 0.25) is 0 Å². The molecule has 2 rings (SSSR count). The van der Waals surface area contributed by atoms with Gasteiger partial charge < -0.3 is 20.3 Å². The monoisotopic (exact) mass is 384 g/mol. The topological polar surface area (TPSA) is 71.2 Å². The van der Waals surface area contributed by atoms with E-state index in [-0.39, 0.29) is 12.1 Å². The van der Waals surface area contributed by atoms with E-state index in [0.717, 1.165) is 24.2 Å². The Morgan fingerprint density at radius 2 is 2.00 bits per heavy atom. The minimum atomic E-state index is -0.493. The maximum atomic E-state index is 12.4. The van der Waals surface area contributed by atoms with Crippen LogP contribution >= 0.6 is 0 Å². The quantitative estimate of drug-likeness (QED) is 0.474. The molecule has 0 spiro atoms. The number of anilines is 1. The molecule has 2 N–H and O–H groups in total. The summed E-state index contributed by atoms with van der Waals surface area (Å²) >= 11 is 0. The Kier molecular flexibility index (Phi) is 6.89. The minimum absolute atomic E-state index is 0.111. The summed E-state index contributed by atoms with van der Waals surface area (Å²) in [5, 5.41) is 0. The predicted molar refractivity (Wildman–Crippen MR) is 116 cm³/mol. The van der Waals surface area contributed by atoms with Gasteiger partial charge in [-0.2, -0.15) is 0 Å². The molecular formula is C22H32N4O2. The smallest absolute Gasteiger partial charge is 0.410 e. The van der Waals surface area contributed by atoms with Gasteiger partial charge in [0, 0.05) is 37.1 Å². The minimum Gasteiger partial charge on any atom is -0.444 e. The highest BCUT2D eigenvalue weighted by atomic mass is 16.6. The molecule has 1 aromatic carbocycles. The van der Waals surface area contributed by atoms with Gasteiger partial charge in [-0.3, -0.25) is 0 Å². The number of carbonyl (C=O) groups is 1. The Labute approximate surface area is 168 Å². The van der Waals surface area contributed by atoms with E-state index in [2.05, 4.69) is 23.4 Å². The number of hydrogen-bond acceptors (Lipinski definition) is 4. The molecule has 0 unspecified atom stereocenters. The van der Waals surface area contributed by atoms with Crippen LogP contribution in [0.3, 0.4) is 0 Å². The number of amidine groups is 1. The molecule has 1 aliphatic heterocycles. The number of aliphatic imine (C=N–C) groups is 1. The van der Waals surface area contributed by atoms with Gasteiger partial charge in [0.25, 0.3) is 0 Å². The summed E-state index contributed by atoms with van der Waals surface area (Å²) in [4.78, 5) is 20.6. The second kappa shape index (κ2) is 8.95. The molecule has 2 atom stereocenters. The molecule has 0 aromatic heterocycles. The molecule has 6 heteroatoms. The molecule has 1 heterocycles. The molecule has 1 saturated heterocycles. The average Bonchev–Trinajstić information content (AvgIpc) is 3.01. The van der Waals surface area contributed by atoms with Gasteiger partial charge >= 0.3 is 6.09 Å². The normalized spacial score (nSPS) is 20.5. The molecular weight excluding hydrogens is 352 g/mol. The van der Waals surface area contributed by atoms with Crippen molar-refractivity contribution in [1.82, 2.24) is 4.90 Å². The Morgan fingerprint density at radius 1 is 1.36 bits per heavy atom. The van der Waals surface area contributed by atoms with E-state index >= 15 is 0 Å². The van der Waals surface area contributed by atoms with E-state index in [4.69, 9.17) is 10.5 Å². The Hall–Kier alpha value is -2.76. The zero-order chi connectivity index (χ0) is 20.9. The molecule has 1 amide bonds. The number of nitrogens with zero attached hydrogens (tertiary/aromatic N) is 3. The number of likely N-dealkylation sites (N-methyl/N-ethyl adjacent to an activating group) is 1. The third-order valence-electron chi connectivity index (χ3n) is 4.71. The largest absolute Gasteiger partial charge is 0.444 e. The van der Waals surface area contributed by atoms with Crippen molar-refractivity contribution in [3.05, 3.63) is 54.8 Å². The Bertz CT molecular complexity index is 747. The summed E-state index contributed by atoms with van der Waals surface area (Å²) in [6.45, 7) is 12.2. The van der Waals surface area contributed by atoms with Gasteiger partial charge in [0.15, 0.2) is 0 Å². The van der Waals surface area contributed by atoms with Gasteiger partial charge in [0.05, 0.1) is 6.04 Å². The van der Waals surface area contributed by atoms with Gasteiger partial charge in [0.1, 0.15) is 11.4 Å². The van der Waals surface area contributed by atoms with Crippen LogP contribution in [0.1, 0.15) is 39.7 Å². The van der Waals surface area contributed by atoms with Gasteiger partial charge in [-0.05, 0) is 64.5 Å². The Balaban J connectivity index is 2.06. The van der Waals surface area contributed by atoms with Crippen molar-refractivity contribution in [3.63, 3.8) is 0 Å².